The van der Waals surface area contributed by atoms with E-state index in [4.69, 9.17) is 13.6 Å². The Labute approximate surface area is 144 Å². The number of benzene rings is 1. The van der Waals surface area contributed by atoms with Gasteiger partial charge in [-0.25, -0.2) is 0 Å². The molecule has 0 radical (unpaired) electrons. The van der Waals surface area contributed by atoms with E-state index in [1.54, 1.807) is 31.6 Å². The van der Waals surface area contributed by atoms with E-state index in [1.165, 1.54) is 0 Å². The molecular weight excluding hydrogens is 324 g/mol. The van der Waals surface area contributed by atoms with Crippen LogP contribution in [0.25, 0.3) is 11.7 Å². The fraction of sp³-hybridized carbons (Fsp3) is 0.235. The first-order valence-electron chi connectivity index (χ1n) is 7.75. The van der Waals surface area contributed by atoms with Gasteiger partial charge in [-0.1, -0.05) is 6.07 Å². The average molecular weight is 343 g/mol. The summed E-state index contributed by atoms with van der Waals surface area (Å²) in [5, 5.41) is 10.8. The van der Waals surface area contributed by atoms with Crippen molar-refractivity contribution in [3.05, 3.63) is 48.6 Å². The van der Waals surface area contributed by atoms with Crippen LogP contribution >= 0.6 is 0 Å². The number of aromatic nitrogens is 2. The number of carbonyl (C=O) groups is 1. The van der Waals surface area contributed by atoms with Gasteiger partial charge in [0.15, 0.2) is 18.8 Å². The molecule has 1 aromatic carbocycles. The van der Waals surface area contributed by atoms with Crippen LogP contribution in [-0.4, -0.2) is 36.8 Å². The van der Waals surface area contributed by atoms with Crippen molar-refractivity contribution in [3.63, 3.8) is 0 Å². The summed E-state index contributed by atoms with van der Waals surface area (Å²) < 4.78 is 15.9. The second-order valence-corrected chi connectivity index (χ2v) is 5.57. The van der Waals surface area contributed by atoms with Crippen molar-refractivity contribution in [3.8, 4) is 17.4 Å². The van der Waals surface area contributed by atoms with E-state index in [1.807, 2.05) is 25.2 Å². The molecule has 0 saturated carbocycles. The first-order valence-corrected chi connectivity index (χ1v) is 7.75. The summed E-state index contributed by atoms with van der Waals surface area (Å²) in [4.78, 5) is 13.1. The zero-order valence-corrected chi connectivity index (χ0v) is 14.0. The highest BCUT2D eigenvalue weighted by Crippen LogP contribution is 2.17. The van der Waals surface area contributed by atoms with Crippen molar-refractivity contribution in [2.75, 3.05) is 26.0 Å². The molecule has 2 aromatic heterocycles. The van der Waals surface area contributed by atoms with Gasteiger partial charge in [-0.2, -0.15) is 0 Å². The summed E-state index contributed by atoms with van der Waals surface area (Å²) in [6.07, 6.45) is 1.54. The SMILES string of the molecule is COc1cccc(NC(=O)C[NH+](C)Cc2nnc(-c3ccco3)o2)c1. The van der Waals surface area contributed by atoms with Gasteiger partial charge in [-0.05, 0) is 24.3 Å². The zero-order valence-electron chi connectivity index (χ0n) is 14.0. The lowest BCUT2D eigenvalue weighted by Crippen LogP contribution is -3.08. The number of quaternary nitrogens is 1. The quantitative estimate of drug-likeness (QED) is 0.664. The van der Waals surface area contributed by atoms with Crippen molar-refractivity contribution in [2.45, 2.75) is 6.54 Å². The molecule has 1 unspecified atom stereocenters. The molecule has 0 fully saturated rings. The number of hydrogen-bond acceptors (Lipinski definition) is 6. The van der Waals surface area contributed by atoms with Crippen LogP contribution in [0.3, 0.4) is 0 Å². The maximum atomic E-state index is 12.2. The smallest absolute Gasteiger partial charge is 0.283 e. The number of carbonyl (C=O) groups excluding carboxylic acids is 1. The molecule has 0 bridgehead atoms. The standard InChI is InChI=1S/C17H18N4O4/c1-21(10-15(22)18-12-5-3-6-13(9-12)23-2)11-16-19-20-17(25-16)14-7-4-8-24-14/h3-9H,10-11H2,1-2H3,(H,18,22)/p+1. The predicted octanol–water partition coefficient (Wildman–Crippen LogP) is 0.992. The molecule has 0 aliphatic rings. The average Bonchev–Trinajstić information content (AvgIpc) is 3.26. The third-order valence-electron chi connectivity index (χ3n) is 3.47. The van der Waals surface area contributed by atoms with Crippen LogP contribution in [0.4, 0.5) is 5.69 Å². The molecule has 0 spiro atoms. The number of furan rings is 1. The molecule has 8 nitrogen and oxygen atoms in total. The molecular formula is C17H19N4O4+. The van der Waals surface area contributed by atoms with E-state index in [-0.39, 0.29) is 12.5 Å². The maximum absolute atomic E-state index is 12.2. The summed E-state index contributed by atoms with van der Waals surface area (Å²) in [5.74, 6) is 1.87. The zero-order chi connectivity index (χ0) is 17.6. The normalized spacial score (nSPS) is 11.9. The minimum atomic E-state index is -0.114. The topological polar surface area (TPSA) is 94.8 Å². The van der Waals surface area contributed by atoms with Crippen molar-refractivity contribution in [2.24, 2.45) is 0 Å². The second kappa shape index (κ2) is 7.63. The number of nitrogens with one attached hydrogen (secondary N) is 2. The van der Waals surface area contributed by atoms with Crippen molar-refractivity contribution >= 4 is 11.6 Å². The fourth-order valence-electron chi connectivity index (χ4n) is 2.33. The van der Waals surface area contributed by atoms with E-state index in [9.17, 15) is 4.79 Å². The molecule has 3 aromatic rings. The summed E-state index contributed by atoms with van der Waals surface area (Å²) in [6.45, 7) is 0.689. The summed E-state index contributed by atoms with van der Waals surface area (Å²) in [5.41, 5.74) is 0.690. The Morgan fingerprint density at radius 1 is 1.28 bits per heavy atom. The van der Waals surface area contributed by atoms with Crippen molar-refractivity contribution in [1.29, 1.82) is 0 Å². The van der Waals surface area contributed by atoms with Gasteiger partial charge in [0.2, 0.25) is 0 Å². The molecule has 1 amide bonds. The van der Waals surface area contributed by atoms with Gasteiger partial charge in [0, 0.05) is 11.8 Å². The predicted molar refractivity (Wildman–Crippen MR) is 89.1 cm³/mol. The summed E-state index contributed by atoms with van der Waals surface area (Å²) in [6, 6.07) is 10.7. The highest BCUT2D eigenvalue weighted by molar-refractivity contribution is 5.91. The minimum Gasteiger partial charge on any atom is -0.497 e. The fourth-order valence-corrected chi connectivity index (χ4v) is 2.33. The second-order valence-electron chi connectivity index (χ2n) is 5.57. The van der Waals surface area contributed by atoms with E-state index in [0.29, 0.717) is 35.5 Å². The van der Waals surface area contributed by atoms with Crippen LogP contribution in [0.5, 0.6) is 5.75 Å². The molecule has 2 heterocycles. The largest absolute Gasteiger partial charge is 0.497 e. The van der Waals surface area contributed by atoms with Crippen LogP contribution < -0.4 is 15.0 Å². The Morgan fingerprint density at radius 2 is 2.16 bits per heavy atom. The monoisotopic (exact) mass is 343 g/mol. The van der Waals surface area contributed by atoms with Crippen molar-refractivity contribution < 1.29 is 23.3 Å². The number of likely N-dealkylation sites (N-methyl/N-ethyl adjacent to an activating group) is 1. The van der Waals surface area contributed by atoms with Gasteiger partial charge >= 0.3 is 0 Å². The van der Waals surface area contributed by atoms with Crippen LogP contribution in [0.15, 0.2) is 51.5 Å². The van der Waals surface area contributed by atoms with Gasteiger partial charge in [-0.3, -0.25) is 4.79 Å². The Morgan fingerprint density at radius 3 is 2.92 bits per heavy atom. The van der Waals surface area contributed by atoms with Gasteiger partial charge < -0.3 is 23.8 Å². The van der Waals surface area contributed by atoms with Gasteiger partial charge in [-0.15, -0.1) is 10.2 Å². The lowest BCUT2D eigenvalue weighted by atomic mass is 10.3. The Kier molecular flexibility index (Phi) is 5.10. The number of ether oxygens (including phenoxy) is 1. The lowest BCUT2D eigenvalue weighted by Gasteiger charge is -2.12. The number of nitrogens with zero attached hydrogens (tertiary/aromatic N) is 2. The molecule has 0 saturated heterocycles. The molecule has 25 heavy (non-hydrogen) atoms. The van der Waals surface area contributed by atoms with E-state index in [2.05, 4.69) is 15.5 Å². The number of rotatable bonds is 7. The van der Waals surface area contributed by atoms with Crippen LogP contribution in [0.1, 0.15) is 5.89 Å². The Hall–Kier alpha value is -3.13. The Balaban J connectivity index is 1.53. The molecule has 1 atom stereocenters. The highest BCUT2D eigenvalue weighted by Gasteiger charge is 2.16. The van der Waals surface area contributed by atoms with E-state index in [0.717, 1.165) is 4.90 Å². The number of amides is 1. The third-order valence-corrected chi connectivity index (χ3v) is 3.47. The molecule has 0 aliphatic heterocycles. The molecule has 130 valence electrons. The highest BCUT2D eigenvalue weighted by atomic mass is 16.5. The number of methoxy groups -OCH3 is 1. The summed E-state index contributed by atoms with van der Waals surface area (Å²) >= 11 is 0. The number of hydrogen-bond donors (Lipinski definition) is 2. The van der Waals surface area contributed by atoms with Crippen LogP contribution in [-0.2, 0) is 11.3 Å². The van der Waals surface area contributed by atoms with Crippen LogP contribution in [0, 0.1) is 0 Å². The van der Waals surface area contributed by atoms with Crippen LogP contribution in [0.2, 0.25) is 0 Å². The van der Waals surface area contributed by atoms with Gasteiger partial charge in [0.1, 0.15) is 5.75 Å². The van der Waals surface area contributed by atoms with E-state index >= 15 is 0 Å². The lowest BCUT2D eigenvalue weighted by molar-refractivity contribution is -0.886. The van der Waals surface area contributed by atoms with E-state index < -0.39 is 0 Å². The van der Waals surface area contributed by atoms with Gasteiger partial charge in [0.25, 0.3) is 17.7 Å². The molecule has 8 heteroatoms. The minimum absolute atomic E-state index is 0.114. The first kappa shape index (κ1) is 16.7. The molecule has 3 rings (SSSR count). The number of anilines is 1. The third kappa shape index (κ3) is 4.45. The summed E-state index contributed by atoms with van der Waals surface area (Å²) in [7, 11) is 3.46. The van der Waals surface area contributed by atoms with Crippen molar-refractivity contribution in [1.82, 2.24) is 10.2 Å². The van der Waals surface area contributed by atoms with Gasteiger partial charge in [0.05, 0.1) is 20.4 Å². The maximum Gasteiger partial charge on any atom is 0.283 e. The first-order chi connectivity index (χ1) is 12.1. The molecule has 0 aliphatic carbocycles. The molecule has 2 N–H and O–H groups in total. The Bertz CT molecular complexity index is 829.